The number of halogens is 2. The number of rotatable bonds is 0. The van der Waals surface area contributed by atoms with Crippen molar-refractivity contribution in [2.45, 2.75) is 0 Å². The summed E-state index contributed by atoms with van der Waals surface area (Å²) in [5.41, 5.74) is 1.73. The SMILES string of the molecule is ClC1=Nc2ccccc2N(Cl)C1. The molecule has 0 saturated heterocycles. The smallest absolute Gasteiger partial charge is 0.127 e. The minimum absolute atomic E-state index is 0.472. The molecule has 2 nitrogen and oxygen atoms in total. The van der Waals surface area contributed by atoms with Gasteiger partial charge in [-0.3, -0.25) is 4.42 Å². The van der Waals surface area contributed by atoms with E-state index in [1.807, 2.05) is 24.3 Å². The van der Waals surface area contributed by atoms with E-state index in [-0.39, 0.29) is 0 Å². The normalized spacial score (nSPS) is 15.5. The summed E-state index contributed by atoms with van der Waals surface area (Å²) in [6.07, 6.45) is 0. The van der Waals surface area contributed by atoms with E-state index in [1.165, 1.54) is 0 Å². The van der Waals surface area contributed by atoms with Crippen LogP contribution in [-0.4, -0.2) is 11.7 Å². The molecule has 0 N–H and O–H groups in total. The third-order valence-corrected chi connectivity index (χ3v) is 2.16. The molecule has 0 unspecified atom stereocenters. The lowest BCUT2D eigenvalue weighted by molar-refractivity contribution is 1.20. The second-order valence-corrected chi connectivity index (χ2v) is 3.34. The van der Waals surface area contributed by atoms with Crippen LogP contribution >= 0.6 is 23.4 Å². The van der Waals surface area contributed by atoms with Crippen LogP contribution in [0, 0.1) is 0 Å². The number of nitrogens with zero attached hydrogens (tertiary/aromatic N) is 2. The number of hydrogen-bond donors (Lipinski definition) is 0. The van der Waals surface area contributed by atoms with Crippen molar-refractivity contribution < 1.29 is 0 Å². The van der Waals surface area contributed by atoms with Crippen molar-refractivity contribution in [3.63, 3.8) is 0 Å². The van der Waals surface area contributed by atoms with Crippen LogP contribution in [0.3, 0.4) is 0 Å². The topological polar surface area (TPSA) is 15.6 Å². The van der Waals surface area contributed by atoms with Crippen LogP contribution in [0.25, 0.3) is 0 Å². The first-order valence-electron chi connectivity index (χ1n) is 3.53. The van der Waals surface area contributed by atoms with Gasteiger partial charge in [-0.05, 0) is 12.1 Å². The third kappa shape index (κ3) is 1.28. The number of aliphatic imine (C=N–C) groups is 1. The first-order valence-corrected chi connectivity index (χ1v) is 4.24. The number of hydrogen-bond acceptors (Lipinski definition) is 2. The quantitative estimate of drug-likeness (QED) is 0.589. The van der Waals surface area contributed by atoms with E-state index < -0.39 is 0 Å². The van der Waals surface area contributed by atoms with Gasteiger partial charge in [0, 0.05) is 11.8 Å². The van der Waals surface area contributed by atoms with Crippen molar-refractivity contribution in [3.8, 4) is 0 Å². The predicted molar refractivity (Wildman–Crippen MR) is 52.6 cm³/mol. The van der Waals surface area contributed by atoms with E-state index >= 15 is 0 Å². The minimum atomic E-state index is 0.472. The summed E-state index contributed by atoms with van der Waals surface area (Å²) in [4.78, 5) is 4.15. The van der Waals surface area contributed by atoms with Crippen LogP contribution in [0.4, 0.5) is 11.4 Å². The Balaban J connectivity index is 2.55. The van der Waals surface area contributed by atoms with Crippen molar-refractivity contribution in [3.05, 3.63) is 24.3 Å². The maximum Gasteiger partial charge on any atom is 0.127 e. The fraction of sp³-hybridized carbons (Fsp3) is 0.125. The highest BCUT2D eigenvalue weighted by atomic mass is 35.5. The third-order valence-electron chi connectivity index (χ3n) is 1.65. The first-order chi connectivity index (χ1) is 5.77. The largest absolute Gasteiger partial charge is 0.276 e. The summed E-state index contributed by atoms with van der Waals surface area (Å²) in [5.74, 6) is 0. The molecule has 1 aliphatic heterocycles. The van der Waals surface area contributed by atoms with Gasteiger partial charge in [-0.25, -0.2) is 4.99 Å². The Hall–Kier alpha value is -0.730. The molecule has 1 heterocycles. The molecule has 0 bridgehead atoms. The van der Waals surface area contributed by atoms with E-state index in [1.54, 1.807) is 4.42 Å². The van der Waals surface area contributed by atoms with Gasteiger partial charge in [0.25, 0.3) is 0 Å². The zero-order chi connectivity index (χ0) is 8.55. The fourth-order valence-electron chi connectivity index (χ4n) is 1.13. The van der Waals surface area contributed by atoms with Gasteiger partial charge < -0.3 is 0 Å². The molecule has 0 atom stereocenters. The van der Waals surface area contributed by atoms with Crippen LogP contribution in [0.15, 0.2) is 29.3 Å². The molecule has 0 saturated carbocycles. The molecular formula is C8H6Cl2N2. The molecule has 2 rings (SSSR count). The lowest BCUT2D eigenvalue weighted by Gasteiger charge is -2.20. The van der Waals surface area contributed by atoms with E-state index in [2.05, 4.69) is 4.99 Å². The van der Waals surface area contributed by atoms with Crippen LogP contribution in [0.1, 0.15) is 0 Å². The van der Waals surface area contributed by atoms with Gasteiger partial charge in [-0.2, -0.15) is 0 Å². The minimum Gasteiger partial charge on any atom is -0.276 e. The Morgan fingerprint density at radius 1 is 1.33 bits per heavy atom. The van der Waals surface area contributed by atoms with Crippen molar-refractivity contribution in [1.82, 2.24) is 0 Å². The molecule has 0 amide bonds. The standard InChI is InChI=1S/C8H6Cl2N2/c9-8-5-12(10)7-4-2-1-3-6(7)11-8/h1-4H,5H2. The second kappa shape index (κ2) is 2.96. The Morgan fingerprint density at radius 3 is 2.92 bits per heavy atom. The molecular weight excluding hydrogens is 195 g/mol. The zero-order valence-corrected chi connectivity index (χ0v) is 7.68. The summed E-state index contributed by atoms with van der Waals surface area (Å²) in [6.45, 7) is 0.472. The van der Waals surface area contributed by atoms with Crippen LogP contribution in [-0.2, 0) is 0 Å². The molecule has 1 aromatic carbocycles. The van der Waals surface area contributed by atoms with Gasteiger partial charge in [0.2, 0.25) is 0 Å². The summed E-state index contributed by atoms with van der Waals surface area (Å²) < 4.78 is 1.56. The van der Waals surface area contributed by atoms with E-state index in [0.29, 0.717) is 11.7 Å². The Morgan fingerprint density at radius 2 is 2.08 bits per heavy atom. The van der Waals surface area contributed by atoms with Crippen LogP contribution in [0.2, 0.25) is 0 Å². The number of benzene rings is 1. The summed E-state index contributed by atoms with van der Waals surface area (Å²) in [6, 6.07) is 7.62. The predicted octanol–water partition coefficient (Wildman–Crippen LogP) is 2.93. The Kier molecular flexibility index (Phi) is 1.95. The maximum atomic E-state index is 5.91. The average molecular weight is 201 g/mol. The van der Waals surface area contributed by atoms with Gasteiger partial charge in [0.15, 0.2) is 0 Å². The molecule has 1 aromatic rings. The molecule has 12 heavy (non-hydrogen) atoms. The zero-order valence-electron chi connectivity index (χ0n) is 6.17. The lowest BCUT2D eigenvalue weighted by Crippen LogP contribution is -2.20. The number of fused-ring (bicyclic) bond motifs is 1. The summed E-state index contributed by atoms with van der Waals surface area (Å²) in [5, 5.41) is 0.517. The van der Waals surface area contributed by atoms with E-state index in [9.17, 15) is 0 Å². The molecule has 0 aliphatic carbocycles. The lowest BCUT2D eigenvalue weighted by atomic mass is 10.2. The molecule has 4 heteroatoms. The number of anilines is 1. The Labute approximate surface area is 80.5 Å². The molecule has 62 valence electrons. The van der Waals surface area contributed by atoms with Crippen LogP contribution < -0.4 is 4.42 Å². The highest BCUT2D eigenvalue weighted by Crippen LogP contribution is 2.33. The second-order valence-electron chi connectivity index (χ2n) is 2.50. The van der Waals surface area contributed by atoms with Crippen molar-refractivity contribution in [1.29, 1.82) is 0 Å². The highest BCUT2D eigenvalue weighted by Gasteiger charge is 2.15. The first kappa shape index (κ1) is 7.90. The average Bonchev–Trinajstić information content (AvgIpc) is 2.04. The van der Waals surface area contributed by atoms with Gasteiger partial charge in [-0.1, -0.05) is 23.7 Å². The maximum absolute atomic E-state index is 5.91. The van der Waals surface area contributed by atoms with Crippen molar-refractivity contribution in [2.75, 3.05) is 11.0 Å². The van der Waals surface area contributed by atoms with Gasteiger partial charge in [-0.15, -0.1) is 0 Å². The van der Waals surface area contributed by atoms with E-state index in [0.717, 1.165) is 11.4 Å². The van der Waals surface area contributed by atoms with E-state index in [4.69, 9.17) is 23.4 Å². The summed E-state index contributed by atoms with van der Waals surface area (Å²) in [7, 11) is 0. The molecule has 0 aromatic heterocycles. The molecule has 0 fully saturated rings. The molecule has 0 radical (unpaired) electrons. The van der Waals surface area contributed by atoms with Crippen molar-refractivity contribution in [2.24, 2.45) is 4.99 Å². The highest BCUT2D eigenvalue weighted by molar-refractivity contribution is 6.67. The monoisotopic (exact) mass is 200 g/mol. The van der Waals surface area contributed by atoms with Gasteiger partial charge in [0.1, 0.15) is 5.17 Å². The fourth-order valence-corrected chi connectivity index (χ4v) is 1.66. The van der Waals surface area contributed by atoms with Crippen LogP contribution in [0.5, 0.6) is 0 Å². The van der Waals surface area contributed by atoms with Gasteiger partial charge in [0.05, 0.1) is 17.9 Å². The van der Waals surface area contributed by atoms with Gasteiger partial charge >= 0.3 is 0 Å². The summed E-state index contributed by atoms with van der Waals surface area (Å²) >= 11 is 11.7. The van der Waals surface area contributed by atoms with Crippen molar-refractivity contribution >= 4 is 39.9 Å². The Bertz CT molecular complexity index is 336. The molecule has 1 aliphatic rings. The number of para-hydroxylation sites is 2. The molecule has 0 spiro atoms.